The van der Waals surface area contributed by atoms with Crippen LogP contribution in [0.4, 0.5) is 0 Å². The van der Waals surface area contributed by atoms with Crippen molar-refractivity contribution < 1.29 is 32.8 Å². The number of phosphoric acid groups is 1. The van der Waals surface area contributed by atoms with E-state index in [0.29, 0.717) is 13.0 Å². The van der Waals surface area contributed by atoms with E-state index in [1.807, 2.05) is 0 Å². The molecule has 0 heterocycles. The zero-order valence-corrected chi connectivity index (χ0v) is 41.2. The quantitative estimate of drug-likeness (QED) is 0.0268. The van der Waals surface area contributed by atoms with Gasteiger partial charge in [-0.3, -0.25) is 13.8 Å². The van der Waals surface area contributed by atoms with Crippen LogP contribution in [0.25, 0.3) is 0 Å². The smallest absolute Gasteiger partial charge is 0.457 e. The Labute approximate surface area is 383 Å². The summed E-state index contributed by atoms with van der Waals surface area (Å²) in [6.07, 6.45) is 62.5. The third kappa shape index (κ3) is 49.2. The molecule has 0 aliphatic carbocycles. The molecule has 0 rings (SSSR count). The Hall–Kier alpha value is -1.80. The summed E-state index contributed by atoms with van der Waals surface area (Å²) in [7, 11) is -4.29. The van der Waals surface area contributed by atoms with Crippen LogP contribution in [-0.2, 0) is 27.9 Å². The first-order chi connectivity index (χ1) is 30.4. The van der Waals surface area contributed by atoms with Crippen molar-refractivity contribution in [3.63, 3.8) is 0 Å². The van der Waals surface area contributed by atoms with Gasteiger partial charge in [-0.05, 0) is 83.5 Å². The van der Waals surface area contributed by atoms with E-state index in [-0.39, 0.29) is 32.3 Å². The second kappa shape index (κ2) is 50.2. The summed E-state index contributed by atoms with van der Waals surface area (Å²) in [5.41, 5.74) is 5.39. The van der Waals surface area contributed by atoms with E-state index in [2.05, 4.69) is 74.6 Å². The second-order valence-corrected chi connectivity index (χ2v) is 18.5. The van der Waals surface area contributed by atoms with Gasteiger partial charge in [-0.25, -0.2) is 4.57 Å². The molecular formula is C53H98NO7P. The van der Waals surface area contributed by atoms with E-state index in [0.717, 1.165) is 57.8 Å². The molecule has 0 amide bonds. The Balaban J connectivity index is 3.97. The van der Waals surface area contributed by atoms with Crippen LogP contribution in [0, 0.1) is 0 Å². The molecule has 9 heteroatoms. The van der Waals surface area contributed by atoms with Gasteiger partial charge in [-0.2, -0.15) is 0 Å². The van der Waals surface area contributed by atoms with Gasteiger partial charge in [0.25, 0.3) is 0 Å². The molecule has 3 N–H and O–H groups in total. The third-order valence-electron chi connectivity index (χ3n) is 10.9. The molecule has 0 spiro atoms. The number of unbranched alkanes of at least 4 members (excludes halogenated alkanes) is 26. The summed E-state index contributed by atoms with van der Waals surface area (Å²) in [6.45, 7) is 4.88. The first-order valence-corrected chi connectivity index (χ1v) is 27.3. The van der Waals surface area contributed by atoms with Gasteiger partial charge in [-0.1, -0.05) is 203 Å². The van der Waals surface area contributed by atoms with Crippen LogP contribution in [0.1, 0.15) is 232 Å². The molecule has 0 aromatic heterocycles. The van der Waals surface area contributed by atoms with Crippen molar-refractivity contribution >= 4 is 13.8 Å². The number of nitrogens with two attached hydrogens (primary N) is 1. The highest BCUT2D eigenvalue weighted by molar-refractivity contribution is 7.47. The fourth-order valence-corrected chi connectivity index (χ4v) is 7.86. The minimum Gasteiger partial charge on any atom is -0.457 e. The van der Waals surface area contributed by atoms with Crippen molar-refractivity contribution in [1.82, 2.24) is 0 Å². The van der Waals surface area contributed by atoms with E-state index in [1.54, 1.807) is 0 Å². The lowest BCUT2D eigenvalue weighted by molar-refractivity contribution is -0.154. The molecule has 0 saturated carbocycles. The second-order valence-electron chi connectivity index (χ2n) is 17.0. The predicted octanol–water partition coefficient (Wildman–Crippen LogP) is 16.1. The fourth-order valence-electron chi connectivity index (χ4n) is 7.09. The van der Waals surface area contributed by atoms with Crippen LogP contribution in [0.15, 0.2) is 60.8 Å². The number of carbonyl (C=O) groups excluding carboxylic acids is 1. The largest absolute Gasteiger partial charge is 0.472 e. The number of hydrogen-bond acceptors (Lipinski definition) is 7. The first kappa shape index (κ1) is 60.2. The number of phosphoric ester groups is 1. The van der Waals surface area contributed by atoms with Crippen molar-refractivity contribution in [2.75, 3.05) is 33.0 Å². The highest BCUT2D eigenvalue weighted by Crippen LogP contribution is 2.43. The zero-order valence-electron chi connectivity index (χ0n) is 40.3. The highest BCUT2D eigenvalue weighted by Gasteiger charge is 2.25. The Morgan fingerprint density at radius 2 is 0.855 bits per heavy atom. The molecule has 0 radical (unpaired) electrons. The van der Waals surface area contributed by atoms with Crippen molar-refractivity contribution in [1.29, 1.82) is 0 Å². The monoisotopic (exact) mass is 892 g/mol. The maximum absolute atomic E-state index is 12.7. The maximum Gasteiger partial charge on any atom is 0.472 e. The van der Waals surface area contributed by atoms with Crippen LogP contribution in [0.3, 0.4) is 0 Å². The lowest BCUT2D eigenvalue weighted by Crippen LogP contribution is -2.28. The number of rotatable bonds is 49. The van der Waals surface area contributed by atoms with Crippen molar-refractivity contribution in [3.8, 4) is 0 Å². The summed E-state index contributed by atoms with van der Waals surface area (Å²) in [5.74, 6) is -0.336. The molecule has 0 aromatic carbocycles. The van der Waals surface area contributed by atoms with E-state index in [1.165, 1.54) is 154 Å². The summed E-state index contributed by atoms with van der Waals surface area (Å²) in [5, 5.41) is 0. The Morgan fingerprint density at radius 3 is 1.31 bits per heavy atom. The van der Waals surface area contributed by atoms with Gasteiger partial charge in [0.1, 0.15) is 6.10 Å². The Bertz CT molecular complexity index is 1140. The van der Waals surface area contributed by atoms with Crippen molar-refractivity contribution in [3.05, 3.63) is 60.8 Å². The molecule has 0 bridgehead atoms. The average molecular weight is 892 g/mol. The fraction of sp³-hybridized carbons (Fsp3) is 0.792. The molecule has 0 aliphatic heterocycles. The Morgan fingerprint density at radius 1 is 0.484 bits per heavy atom. The van der Waals surface area contributed by atoms with Crippen LogP contribution >= 0.6 is 7.82 Å². The normalized spacial score (nSPS) is 13.8. The molecule has 62 heavy (non-hydrogen) atoms. The predicted molar refractivity (Wildman–Crippen MR) is 266 cm³/mol. The lowest BCUT2D eigenvalue weighted by atomic mass is 10.0. The molecule has 8 nitrogen and oxygen atoms in total. The van der Waals surface area contributed by atoms with Gasteiger partial charge in [0.15, 0.2) is 0 Å². The zero-order chi connectivity index (χ0) is 45.1. The summed E-state index contributed by atoms with van der Waals surface area (Å²) < 4.78 is 33.6. The number of allylic oxidation sites excluding steroid dienone is 10. The van der Waals surface area contributed by atoms with Crippen molar-refractivity contribution in [2.45, 2.75) is 238 Å². The highest BCUT2D eigenvalue weighted by atomic mass is 31.2. The van der Waals surface area contributed by atoms with E-state index in [4.69, 9.17) is 24.3 Å². The lowest BCUT2D eigenvalue weighted by Gasteiger charge is -2.20. The standard InChI is InChI=1S/C53H98NO7P/c1-3-5-7-9-11-13-15-17-19-21-23-25-26-27-28-30-32-34-36-38-40-42-44-46-53(55)61-52(51-60-62(56,57)59-49-47-54)50-58-48-45-43-41-39-37-35-33-31-29-24-22-20-18-16-14-12-10-8-6-4-2/h12,14-15,17-18,20-21,23-24,29,52H,3-11,13,16,19,22,25-28,30-51,54H2,1-2H3,(H,56,57)/b14-12-,17-15-,20-18-,23-21-,29-24-. The third-order valence-corrected chi connectivity index (χ3v) is 11.9. The van der Waals surface area contributed by atoms with Crippen LogP contribution in [0.2, 0.25) is 0 Å². The maximum atomic E-state index is 12.7. The Kier molecular flexibility index (Phi) is 48.7. The molecular weight excluding hydrogens is 794 g/mol. The number of ether oxygens (including phenoxy) is 2. The SMILES string of the molecule is CCCCC/C=C\C/C=C\C/C=C\CCCCCCCCCOCC(COP(=O)(O)OCCN)OC(=O)CCCCCCCCCCCCC/C=C\C/C=C\CCCCCCC. The minimum atomic E-state index is -4.29. The topological polar surface area (TPSA) is 117 Å². The van der Waals surface area contributed by atoms with Gasteiger partial charge in [-0.15, -0.1) is 0 Å². The molecule has 362 valence electrons. The summed E-state index contributed by atoms with van der Waals surface area (Å²) in [4.78, 5) is 22.6. The van der Waals surface area contributed by atoms with Gasteiger partial charge in [0, 0.05) is 19.6 Å². The minimum absolute atomic E-state index is 0.0962. The molecule has 0 fully saturated rings. The molecule has 0 aromatic rings. The van der Waals surface area contributed by atoms with Gasteiger partial charge < -0.3 is 20.1 Å². The first-order valence-electron chi connectivity index (χ1n) is 25.8. The van der Waals surface area contributed by atoms with Gasteiger partial charge in [0.05, 0.1) is 19.8 Å². The van der Waals surface area contributed by atoms with E-state index < -0.39 is 13.9 Å². The van der Waals surface area contributed by atoms with Crippen molar-refractivity contribution in [2.24, 2.45) is 5.73 Å². The van der Waals surface area contributed by atoms with Gasteiger partial charge in [0.2, 0.25) is 0 Å². The number of hydrogen-bond donors (Lipinski definition) is 2. The molecule has 0 saturated heterocycles. The van der Waals surface area contributed by atoms with Crippen LogP contribution < -0.4 is 5.73 Å². The van der Waals surface area contributed by atoms with Crippen LogP contribution in [-0.4, -0.2) is 49.9 Å². The molecule has 0 aliphatic rings. The average Bonchev–Trinajstić information content (AvgIpc) is 3.26. The van der Waals surface area contributed by atoms with E-state index in [9.17, 15) is 14.3 Å². The van der Waals surface area contributed by atoms with Gasteiger partial charge >= 0.3 is 13.8 Å². The summed E-state index contributed by atoms with van der Waals surface area (Å²) >= 11 is 0. The molecule has 2 atom stereocenters. The number of esters is 1. The number of carbonyl (C=O) groups is 1. The summed E-state index contributed by atoms with van der Waals surface area (Å²) in [6, 6.07) is 0. The molecule has 2 unspecified atom stereocenters. The van der Waals surface area contributed by atoms with E-state index >= 15 is 0 Å². The van der Waals surface area contributed by atoms with Crippen LogP contribution in [0.5, 0.6) is 0 Å².